The second-order valence-electron chi connectivity index (χ2n) is 8.13. The maximum absolute atomic E-state index is 12.5. The standard InChI is InChI=1S/C23H25ClN4O3/c1-15-3-2-8-27-12-17(26-23(15)27)13-28-18(4-5-22(28)29)6-7-25-11-16-9-20-21(10-19(16)24)31-14-30-20/h2-3,8-10,12,18,25H,4-7,11,13-14H2,1H3/t18-/m0/s1. The van der Waals surface area contributed by atoms with Crippen molar-refractivity contribution in [2.24, 2.45) is 0 Å². The monoisotopic (exact) mass is 440 g/mol. The SMILES string of the molecule is Cc1cccn2cc(CN3C(=O)CC[C@H]3CCNCc3cc4c(cc3Cl)OCO4)nc12. The Morgan fingerprint density at radius 3 is 2.97 bits per heavy atom. The van der Waals surface area contributed by atoms with Crippen molar-refractivity contribution < 1.29 is 14.3 Å². The Morgan fingerprint density at radius 2 is 2.13 bits per heavy atom. The average molecular weight is 441 g/mol. The van der Waals surface area contributed by atoms with Crippen molar-refractivity contribution in [1.82, 2.24) is 19.6 Å². The molecule has 2 aliphatic heterocycles. The largest absolute Gasteiger partial charge is 0.454 e. The topological polar surface area (TPSA) is 68.1 Å². The maximum atomic E-state index is 12.5. The first-order valence-corrected chi connectivity index (χ1v) is 11.0. The summed E-state index contributed by atoms with van der Waals surface area (Å²) in [6.07, 6.45) is 6.39. The van der Waals surface area contributed by atoms with Crippen molar-refractivity contribution in [3.05, 3.63) is 58.5 Å². The lowest BCUT2D eigenvalue weighted by molar-refractivity contribution is -0.129. The second kappa shape index (κ2) is 8.40. The van der Waals surface area contributed by atoms with Crippen molar-refractivity contribution >= 4 is 23.2 Å². The molecule has 162 valence electrons. The normalized spacial score (nSPS) is 17.8. The summed E-state index contributed by atoms with van der Waals surface area (Å²) >= 11 is 6.35. The number of rotatable bonds is 7. The molecule has 0 aliphatic carbocycles. The molecule has 1 fully saturated rings. The second-order valence-corrected chi connectivity index (χ2v) is 8.54. The Morgan fingerprint density at radius 1 is 1.29 bits per heavy atom. The van der Waals surface area contributed by atoms with E-state index in [0.717, 1.165) is 47.6 Å². The minimum Gasteiger partial charge on any atom is -0.454 e. The van der Waals surface area contributed by atoms with Gasteiger partial charge in [-0.25, -0.2) is 4.98 Å². The molecule has 1 N–H and O–H groups in total. The number of carbonyl (C=O) groups excluding carboxylic acids is 1. The first-order chi connectivity index (χ1) is 15.1. The Kier molecular flexibility index (Phi) is 5.46. The van der Waals surface area contributed by atoms with Crippen LogP contribution in [0.4, 0.5) is 0 Å². The predicted octanol–water partition coefficient (Wildman–Crippen LogP) is 3.70. The van der Waals surface area contributed by atoms with E-state index in [2.05, 4.69) is 5.32 Å². The summed E-state index contributed by atoms with van der Waals surface area (Å²) in [4.78, 5) is 19.2. The van der Waals surface area contributed by atoms with Crippen LogP contribution in [-0.2, 0) is 17.9 Å². The fourth-order valence-corrected chi connectivity index (χ4v) is 4.57. The Bertz CT molecular complexity index is 1130. The van der Waals surface area contributed by atoms with Crippen molar-refractivity contribution in [3.8, 4) is 11.5 Å². The summed E-state index contributed by atoms with van der Waals surface area (Å²) in [7, 11) is 0. The molecule has 8 heteroatoms. The highest BCUT2D eigenvalue weighted by atomic mass is 35.5. The van der Waals surface area contributed by atoms with E-state index in [1.165, 1.54) is 0 Å². The van der Waals surface area contributed by atoms with E-state index in [-0.39, 0.29) is 18.7 Å². The number of benzene rings is 1. The third-order valence-corrected chi connectivity index (χ3v) is 6.38. The Balaban J connectivity index is 1.18. The van der Waals surface area contributed by atoms with Crippen LogP contribution >= 0.6 is 11.6 Å². The minimum atomic E-state index is 0.206. The van der Waals surface area contributed by atoms with Crippen LogP contribution in [0, 0.1) is 6.92 Å². The molecule has 4 heterocycles. The van der Waals surface area contributed by atoms with E-state index in [1.54, 1.807) is 6.07 Å². The lowest BCUT2D eigenvalue weighted by Crippen LogP contribution is -2.34. The van der Waals surface area contributed by atoms with Gasteiger partial charge < -0.3 is 24.1 Å². The molecule has 1 atom stereocenters. The first kappa shape index (κ1) is 20.2. The van der Waals surface area contributed by atoms with Crippen molar-refractivity contribution in [2.45, 2.75) is 45.3 Å². The predicted molar refractivity (Wildman–Crippen MR) is 117 cm³/mol. The molecule has 1 amide bonds. The molecule has 0 saturated carbocycles. The average Bonchev–Trinajstić information content (AvgIpc) is 3.46. The van der Waals surface area contributed by atoms with E-state index in [0.29, 0.717) is 30.3 Å². The summed E-state index contributed by atoms with van der Waals surface area (Å²) in [6.45, 7) is 4.28. The van der Waals surface area contributed by atoms with Crippen molar-refractivity contribution in [3.63, 3.8) is 0 Å². The summed E-state index contributed by atoms with van der Waals surface area (Å²) in [5, 5.41) is 4.11. The number of nitrogens with one attached hydrogen (secondary N) is 1. The zero-order valence-corrected chi connectivity index (χ0v) is 18.2. The third-order valence-electron chi connectivity index (χ3n) is 6.02. The lowest BCUT2D eigenvalue weighted by atomic mass is 10.1. The number of amides is 1. The van der Waals surface area contributed by atoms with Gasteiger partial charge in [0.15, 0.2) is 11.5 Å². The molecule has 7 nitrogen and oxygen atoms in total. The number of likely N-dealkylation sites (tertiary alicyclic amines) is 1. The number of ether oxygens (including phenoxy) is 2. The van der Waals surface area contributed by atoms with Gasteiger partial charge in [0.2, 0.25) is 12.7 Å². The number of imidazole rings is 1. The molecular formula is C23H25ClN4O3. The lowest BCUT2D eigenvalue weighted by Gasteiger charge is -2.24. The summed E-state index contributed by atoms with van der Waals surface area (Å²) in [5.41, 5.74) is 3.98. The van der Waals surface area contributed by atoms with Gasteiger partial charge in [-0.05, 0) is 49.6 Å². The van der Waals surface area contributed by atoms with Crippen LogP contribution in [0.1, 0.15) is 36.1 Å². The van der Waals surface area contributed by atoms with Gasteiger partial charge in [0.25, 0.3) is 0 Å². The smallest absolute Gasteiger partial charge is 0.231 e. The number of carbonyl (C=O) groups is 1. The summed E-state index contributed by atoms with van der Waals surface area (Å²) < 4.78 is 12.8. The molecular weight excluding hydrogens is 416 g/mol. The number of fused-ring (bicyclic) bond motifs is 2. The molecule has 2 aromatic heterocycles. The highest BCUT2D eigenvalue weighted by Crippen LogP contribution is 2.36. The number of aryl methyl sites for hydroxylation is 1. The third kappa shape index (κ3) is 4.07. The zero-order valence-electron chi connectivity index (χ0n) is 17.4. The molecule has 1 saturated heterocycles. The van der Waals surface area contributed by atoms with Crippen molar-refractivity contribution in [1.29, 1.82) is 0 Å². The van der Waals surface area contributed by atoms with Gasteiger partial charge in [-0.1, -0.05) is 17.7 Å². The maximum Gasteiger partial charge on any atom is 0.231 e. The summed E-state index contributed by atoms with van der Waals surface area (Å²) in [5.74, 6) is 1.63. The summed E-state index contributed by atoms with van der Waals surface area (Å²) in [6, 6.07) is 8.01. The van der Waals surface area contributed by atoms with Crippen LogP contribution in [0.5, 0.6) is 11.5 Å². The van der Waals surface area contributed by atoms with Crippen LogP contribution in [0.2, 0.25) is 5.02 Å². The van der Waals surface area contributed by atoms with Gasteiger partial charge in [-0.3, -0.25) is 4.79 Å². The van der Waals surface area contributed by atoms with Crippen LogP contribution in [-0.4, -0.2) is 39.6 Å². The molecule has 31 heavy (non-hydrogen) atoms. The number of nitrogens with zero attached hydrogens (tertiary/aromatic N) is 3. The molecule has 5 rings (SSSR count). The van der Waals surface area contributed by atoms with Crippen LogP contribution < -0.4 is 14.8 Å². The van der Waals surface area contributed by atoms with E-state index >= 15 is 0 Å². The minimum absolute atomic E-state index is 0.206. The molecule has 2 aliphatic rings. The number of halogens is 1. The zero-order chi connectivity index (χ0) is 21.4. The van der Waals surface area contributed by atoms with Gasteiger partial charge in [0.1, 0.15) is 5.65 Å². The molecule has 0 unspecified atom stereocenters. The molecule has 3 aromatic rings. The highest BCUT2D eigenvalue weighted by molar-refractivity contribution is 6.31. The fourth-order valence-electron chi connectivity index (χ4n) is 4.35. The Hall–Kier alpha value is -2.77. The highest BCUT2D eigenvalue weighted by Gasteiger charge is 2.31. The number of aromatic nitrogens is 2. The molecule has 1 aromatic carbocycles. The van der Waals surface area contributed by atoms with Crippen LogP contribution in [0.15, 0.2) is 36.7 Å². The van der Waals surface area contributed by atoms with E-state index in [4.69, 9.17) is 26.1 Å². The fraction of sp³-hybridized carbons (Fsp3) is 0.391. The van der Waals surface area contributed by atoms with Gasteiger partial charge in [-0.2, -0.15) is 0 Å². The van der Waals surface area contributed by atoms with Crippen molar-refractivity contribution in [2.75, 3.05) is 13.3 Å². The van der Waals surface area contributed by atoms with E-state index in [1.807, 2.05) is 46.8 Å². The molecule has 0 radical (unpaired) electrons. The van der Waals surface area contributed by atoms with Gasteiger partial charge >= 0.3 is 0 Å². The van der Waals surface area contributed by atoms with Gasteiger partial charge in [0.05, 0.1) is 12.2 Å². The van der Waals surface area contributed by atoms with Crippen LogP contribution in [0.3, 0.4) is 0 Å². The van der Waals surface area contributed by atoms with Gasteiger partial charge in [0, 0.05) is 42.5 Å². The van der Waals surface area contributed by atoms with E-state index in [9.17, 15) is 4.79 Å². The number of hydrogen-bond donors (Lipinski definition) is 1. The quantitative estimate of drug-likeness (QED) is 0.567. The first-order valence-electron chi connectivity index (χ1n) is 10.6. The van der Waals surface area contributed by atoms with E-state index < -0.39 is 0 Å². The molecule has 0 spiro atoms. The number of pyridine rings is 1. The number of hydrogen-bond acceptors (Lipinski definition) is 5. The molecule has 0 bridgehead atoms. The Labute approximate surface area is 185 Å². The van der Waals surface area contributed by atoms with Crippen LogP contribution in [0.25, 0.3) is 5.65 Å². The van der Waals surface area contributed by atoms with Gasteiger partial charge in [-0.15, -0.1) is 0 Å².